The second-order valence-corrected chi connectivity index (χ2v) is 7.85. The van der Waals surface area contributed by atoms with Crippen molar-refractivity contribution in [3.05, 3.63) is 64.7 Å². The molecular formula is C21H22N6OS. The van der Waals surface area contributed by atoms with Crippen LogP contribution in [-0.4, -0.2) is 31.1 Å². The molecule has 2 aromatic heterocycles. The van der Waals surface area contributed by atoms with E-state index in [2.05, 4.69) is 39.7 Å². The number of nitrogens with zero attached hydrogens (tertiary/aromatic N) is 5. The average molecular weight is 407 g/mol. The third-order valence-corrected chi connectivity index (χ3v) is 5.97. The Labute approximate surface area is 172 Å². The van der Waals surface area contributed by atoms with Crippen LogP contribution in [0.4, 0.5) is 5.13 Å². The van der Waals surface area contributed by atoms with Gasteiger partial charge in [0.15, 0.2) is 0 Å². The minimum absolute atomic E-state index is 0.185. The Kier molecular flexibility index (Phi) is 5.62. The van der Waals surface area contributed by atoms with Gasteiger partial charge in [-0.3, -0.25) is 10.1 Å². The molecule has 8 heteroatoms. The molecule has 1 amide bonds. The van der Waals surface area contributed by atoms with Crippen LogP contribution < -0.4 is 5.32 Å². The van der Waals surface area contributed by atoms with E-state index in [1.54, 1.807) is 0 Å². The quantitative estimate of drug-likeness (QED) is 0.489. The van der Waals surface area contributed by atoms with Crippen LogP contribution in [0.3, 0.4) is 0 Å². The highest BCUT2D eigenvalue weighted by Gasteiger charge is 2.15. The van der Waals surface area contributed by atoms with E-state index in [1.165, 1.54) is 11.3 Å². The van der Waals surface area contributed by atoms with E-state index >= 15 is 0 Å². The lowest BCUT2D eigenvalue weighted by Crippen LogP contribution is -2.12. The summed E-state index contributed by atoms with van der Waals surface area (Å²) in [5.41, 5.74) is 3.48. The van der Waals surface area contributed by atoms with E-state index < -0.39 is 0 Å². The summed E-state index contributed by atoms with van der Waals surface area (Å²) in [4.78, 5) is 12.5. The number of anilines is 1. The SMILES string of the molecule is CCC(CC)c1nnc(NC(=O)c2ccc(Cn3nnc4ccccc43)cc2)s1. The van der Waals surface area contributed by atoms with Crippen LogP contribution in [-0.2, 0) is 6.54 Å². The normalized spacial score (nSPS) is 11.3. The number of benzene rings is 2. The largest absolute Gasteiger partial charge is 0.296 e. The van der Waals surface area contributed by atoms with Gasteiger partial charge in [-0.15, -0.1) is 15.3 Å². The monoisotopic (exact) mass is 406 g/mol. The van der Waals surface area contributed by atoms with Gasteiger partial charge in [-0.05, 0) is 42.7 Å². The molecule has 0 spiro atoms. The summed E-state index contributed by atoms with van der Waals surface area (Å²) in [6.07, 6.45) is 2.03. The predicted molar refractivity (Wildman–Crippen MR) is 114 cm³/mol. The van der Waals surface area contributed by atoms with Crippen LogP contribution in [0.15, 0.2) is 48.5 Å². The van der Waals surface area contributed by atoms with Gasteiger partial charge in [0.05, 0.1) is 12.1 Å². The average Bonchev–Trinajstić information content (AvgIpc) is 3.37. The smallest absolute Gasteiger partial charge is 0.257 e. The van der Waals surface area contributed by atoms with Gasteiger partial charge in [0.2, 0.25) is 5.13 Å². The molecule has 0 radical (unpaired) electrons. The second kappa shape index (κ2) is 8.48. The number of fused-ring (bicyclic) bond motifs is 1. The molecule has 0 saturated carbocycles. The lowest BCUT2D eigenvalue weighted by Gasteiger charge is -2.06. The number of hydrogen-bond donors (Lipinski definition) is 1. The van der Waals surface area contributed by atoms with E-state index in [0.29, 0.717) is 23.2 Å². The highest BCUT2D eigenvalue weighted by Crippen LogP contribution is 2.28. The molecule has 1 N–H and O–H groups in total. The summed E-state index contributed by atoms with van der Waals surface area (Å²) in [5.74, 6) is 0.209. The number of hydrogen-bond acceptors (Lipinski definition) is 6. The summed E-state index contributed by atoms with van der Waals surface area (Å²) < 4.78 is 1.85. The van der Waals surface area contributed by atoms with Crippen molar-refractivity contribution >= 4 is 33.4 Å². The molecule has 2 heterocycles. The van der Waals surface area contributed by atoms with Crippen LogP contribution in [0.5, 0.6) is 0 Å². The fourth-order valence-electron chi connectivity index (χ4n) is 3.23. The van der Waals surface area contributed by atoms with E-state index in [1.807, 2.05) is 53.2 Å². The number of para-hydroxylation sites is 1. The van der Waals surface area contributed by atoms with Crippen LogP contribution in [0, 0.1) is 0 Å². The minimum Gasteiger partial charge on any atom is -0.296 e. The highest BCUT2D eigenvalue weighted by atomic mass is 32.1. The second-order valence-electron chi connectivity index (χ2n) is 6.85. The van der Waals surface area contributed by atoms with Crippen molar-refractivity contribution in [1.82, 2.24) is 25.2 Å². The van der Waals surface area contributed by atoms with E-state index in [9.17, 15) is 4.79 Å². The first kappa shape index (κ1) is 19.2. The first-order chi connectivity index (χ1) is 14.2. The Morgan fingerprint density at radius 2 is 1.79 bits per heavy atom. The van der Waals surface area contributed by atoms with Crippen LogP contribution in [0.2, 0.25) is 0 Å². The summed E-state index contributed by atoms with van der Waals surface area (Å²) in [6, 6.07) is 15.3. The van der Waals surface area contributed by atoms with Gasteiger partial charge in [-0.25, -0.2) is 4.68 Å². The number of nitrogens with one attached hydrogen (secondary N) is 1. The van der Waals surface area contributed by atoms with Crippen LogP contribution in [0.25, 0.3) is 11.0 Å². The molecule has 4 aromatic rings. The Balaban J connectivity index is 1.43. The predicted octanol–water partition coefficient (Wildman–Crippen LogP) is 4.49. The van der Waals surface area contributed by atoms with Gasteiger partial charge >= 0.3 is 0 Å². The number of aromatic nitrogens is 5. The standard InChI is InChI=1S/C21H22N6OS/c1-3-15(4-2)20-24-25-21(29-20)22-19(28)16-11-9-14(10-12-16)13-27-18-8-6-5-7-17(18)23-26-27/h5-12,15H,3-4,13H2,1-2H3,(H,22,25,28). The third kappa shape index (κ3) is 4.17. The van der Waals surface area contributed by atoms with Gasteiger partial charge in [0.1, 0.15) is 10.5 Å². The van der Waals surface area contributed by atoms with Gasteiger partial charge in [0, 0.05) is 11.5 Å². The molecule has 0 fully saturated rings. The molecule has 29 heavy (non-hydrogen) atoms. The minimum atomic E-state index is -0.185. The van der Waals surface area contributed by atoms with Gasteiger partial charge in [-0.1, -0.05) is 54.7 Å². The van der Waals surface area contributed by atoms with Crippen LogP contribution >= 0.6 is 11.3 Å². The van der Waals surface area contributed by atoms with Crippen molar-refractivity contribution < 1.29 is 4.79 Å². The van der Waals surface area contributed by atoms with E-state index in [0.717, 1.165) is 34.4 Å². The highest BCUT2D eigenvalue weighted by molar-refractivity contribution is 7.15. The topological polar surface area (TPSA) is 85.6 Å². The van der Waals surface area contributed by atoms with Gasteiger partial charge < -0.3 is 0 Å². The molecule has 0 bridgehead atoms. The van der Waals surface area contributed by atoms with Crippen molar-refractivity contribution in [2.24, 2.45) is 0 Å². The Morgan fingerprint density at radius 3 is 2.55 bits per heavy atom. The Morgan fingerprint density at radius 1 is 1.03 bits per heavy atom. The molecule has 148 valence electrons. The zero-order valence-corrected chi connectivity index (χ0v) is 17.2. The molecule has 0 aliphatic carbocycles. The van der Waals surface area contributed by atoms with Crippen molar-refractivity contribution in [2.45, 2.75) is 39.2 Å². The number of carbonyl (C=O) groups excluding carboxylic acids is 1. The Hall–Kier alpha value is -3.13. The molecule has 0 atom stereocenters. The Bertz CT molecular complexity index is 1110. The van der Waals surface area contributed by atoms with Crippen molar-refractivity contribution in [3.8, 4) is 0 Å². The number of amides is 1. The molecule has 2 aromatic carbocycles. The lowest BCUT2D eigenvalue weighted by molar-refractivity contribution is 0.102. The first-order valence-corrected chi connectivity index (χ1v) is 10.5. The number of rotatable bonds is 7. The molecule has 0 aliphatic heterocycles. The summed E-state index contributed by atoms with van der Waals surface area (Å²) in [5, 5.41) is 21.1. The maximum absolute atomic E-state index is 12.5. The van der Waals surface area contributed by atoms with Gasteiger partial charge in [0.25, 0.3) is 5.91 Å². The molecule has 7 nitrogen and oxygen atoms in total. The van der Waals surface area contributed by atoms with Crippen molar-refractivity contribution in [1.29, 1.82) is 0 Å². The molecule has 0 unspecified atom stereocenters. The zero-order chi connectivity index (χ0) is 20.2. The maximum atomic E-state index is 12.5. The van der Waals surface area contributed by atoms with Crippen LogP contribution in [0.1, 0.15) is 53.5 Å². The molecular weight excluding hydrogens is 384 g/mol. The zero-order valence-electron chi connectivity index (χ0n) is 16.4. The maximum Gasteiger partial charge on any atom is 0.257 e. The fourth-order valence-corrected chi connectivity index (χ4v) is 4.23. The van der Waals surface area contributed by atoms with Crippen molar-refractivity contribution in [2.75, 3.05) is 5.32 Å². The lowest BCUT2D eigenvalue weighted by atomic mass is 10.1. The van der Waals surface area contributed by atoms with Gasteiger partial charge in [-0.2, -0.15) is 0 Å². The molecule has 4 rings (SSSR count). The third-order valence-electron chi connectivity index (χ3n) is 4.96. The molecule has 0 aliphatic rings. The van der Waals surface area contributed by atoms with E-state index in [-0.39, 0.29) is 5.91 Å². The summed E-state index contributed by atoms with van der Waals surface area (Å²) >= 11 is 1.45. The number of carbonyl (C=O) groups is 1. The molecule has 0 saturated heterocycles. The first-order valence-electron chi connectivity index (χ1n) is 9.69. The van der Waals surface area contributed by atoms with E-state index in [4.69, 9.17) is 0 Å². The fraction of sp³-hybridized carbons (Fsp3) is 0.286. The summed E-state index contributed by atoms with van der Waals surface area (Å²) in [6.45, 7) is 4.87. The summed E-state index contributed by atoms with van der Waals surface area (Å²) in [7, 11) is 0. The van der Waals surface area contributed by atoms with Crippen molar-refractivity contribution in [3.63, 3.8) is 0 Å².